The van der Waals surface area contributed by atoms with Gasteiger partial charge in [0.1, 0.15) is 5.69 Å². The Hall–Kier alpha value is -2.41. The van der Waals surface area contributed by atoms with E-state index in [1.54, 1.807) is 10.7 Å². The van der Waals surface area contributed by atoms with Gasteiger partial charge in [-0.2, -0.15) is 5.10 Å². The van der Waals surface area contributed by atoms with Gasteiger partial charge < -0.3 is 16.0 Å². The van der Waals surface area contributed by atoms with Gasteiger partial charge in [-0.1, -0.05) is 12.1 Å². The molecular formula is C17H23N5OS. The summed E-state index contributed by atoms with van der Waals surface area (Å²) in [5.74, 6) is -0.186. The topological polar surface area (TPSA) is 71.0 Å². The lowest BCUT2D eigenvalue weighted by molar-refractivity contribution is 0.0948. The number of carbonyl (C=O) groups is 1. The second kappa shape index (κ2) is 7.92. The predicted octanol–water partition coefficient (Wildman–Crippen LogP) is 2.06. The Morgan fingerprint density at radius 1 is 1.21 bits per heavy atom. The first-order valence-electron chi connectivity index (χ1n) is 7.78. The quantitative estimate of drug-likeness (QED) is 0.572. The van der Waals surface area contributed by atoms with E-state index >= 15 is 0 Å². The zero-order valence-electron chi connectivity index (χ0n) is 14.4. The highest BCUT2D eigenvalue weighted by Crippen LogP contribution is 2.17. The summed E-state index contributed by atoms with van der Waals surface area (Å²) in [6.45, 7) is 7.02. The van der Waals surface area contributed by atoms with Crippen LogP contribution in [-0.2, 0) is 7.05 Å². The summed E-state index contributed by atoms with van der Waals surface area (Å²) in [4.78, 5) is 12.0. The second-order valence-corrected chi connectivity index (χ2v) is 6.09. The van der Waals surface area contributed by atoms with Crippen molar-refractivity contribution in [2.24, 2.45) is 7.05 Å². The van der Waals surface area contributed by atoms with Crippen molar-refractivity contribution in [2.45, 2.75) is 20.8 Å². The van der Waals surface area contributed by atoms with E-state index in [4.69, 9.17) is 12.2 Å². The summed E-state index contributed by atoms with van der Waals surface area (Å²) in [5, 5.41) is 13.7. The van der Waals surface area contributed by atoms with Crippen LogP contribution >= 0.6 is 12.2 Å². The van der Waals surface area contributed by atoms with E-state index in [-0.39, 0.29) is 5.91 Å². The molecule has 1 amide bonds. The molecule has 1 aromatic heterocycles. The number of benzene rings is 1. The normalized spacial score (nSPS) is 10.3. The van der Waals surface area contributed by atoms with Crippen molar-refractivity contribution in [3.8, 4) is 0 Å². The van der Waals surface area contributed by atoms with Crippen LogP contribution in [0.15, 0.2) is 24.3 Å². The van der Waals surface area contributed by atoms with E-state index in [2.05, 4.69) is 41.0 Å². The van der Waals surface area contributed by atoms with Crippen LogP contribution in [0.5, 0.6) is 0 Å². The minimum Gasteiger partial charge on any atom is -0.361 e. The number of nitrogens with zero attached hydrogens (tertiary/aromatic N) is 2. The number of anilines is 1. The minimum absolute atomic E-state index is 0.186. The van der Waals surface area contributed by atoms with E-state index in [0.717, 1.165) is 11.4 Å². The summed E-state index contributed by atoms with van der Waals surface area (Å²) >= 11 is 5.28. The van der Waals surface area contributed by atoms with Crippen LogP contribution < -0.4 is 16.0 Å². The summed E-state index contributed by atoms with van der Waals surface area (Å²) in [6, 6.07) is 7.80. The fourth-order valence-electron chi connectivity index (χ4n) is 2.17. The van der Waals surface area contributed by atoms with Crippen molar-refractivity contribution in [2.75, 3.05) is 18.4 Å². The van der Waals surface area contributed by atoms with Crippen molar-refractivity contribution >= 4 is 28.9 Å². The molecule has 0 atom stereocenters. The van der Waals surface area contributed by atoms with E-state index in [1.165, 1.54) is 11.1 Å². The zero-order chi connectivity index (χ0) is 17.7. The van der Waals surface area contributed by atoms with Gasteiger partial charge in [-0.05, 0) is 56.2 Å². The van der Waals surface area contributed by atoms with Gasteiger partial charge in [0.15, 0.2) is 5.11 Å². The highest BCUT2D eigenvalue weighted by Gasteiger charge is 2.10. The third-order valence-electron chi connectivity index (χ3n) is 3.90. The molecule has 0 radical (unpaired) electrons. The van der Waals surface area contributed by atoms with Crippen LogP contribution in [0.25, 0.3) is 0 Å². The predicted molar refractivity (Wildman–Crippen MR) is 100 cm³/mol. The molecule has 0 aliphatic carbocycles. The fraction of sp³-hybridized carbons (Fsp3) is 0.353. The number of thiocarbonyl (C=S) groups is 1. The molecule has 0 saturated heterocycles. The number of aryl methyl sites for hydroxylation is 3. The molecule has 24 heavy (non-hydrogen) atoms. The Morgan fingerprint density at radius 3 is 2.58 bits per heavy atom. The van der Waals surface area contributed by atoms with E-state index < -0.39 is 0 Å². The van der Waals surface area contributed by atoms with Gasteiger partial charge in [-0.3, -0.25) is 9.48 Å². The molecule has 0 aliphatic heterocycles. The monoisotopic (exact) mass is 345 g/mol. The highest BCUT2D eigenvalue weighted by molar-refractivity contribution is 7.80. The molecule has 1 heterocycles. The Labute approximate surface area is 147 Å². The number of carbonyl (C=O) groups excluding carboxylic acids is 1. The molecule has 0 unspecified atom stereocenters. The Balaban J connectivity index is 1.75. The van der Waals surface area contributed by atoms with E-state index in [9.17, 15) is 4.79 Å². The maximum absolute atomic E-state index is 12.0. The van der Waals surface area contributed by atoms with Gasteiger partial charge in [0.25, 0.3) is 5.91 Å². The molecule has 3 N–H and O–H groups in total. The fourth-order valence-corrected chi connectivity index (χ4v) is 2.38. The standard InChI is InChI=1S/C17H23N5OS/c1-11-6-5-7-14(13(11)3)20-17(24)19-9-8-18-16(23)15-10-12(2)22(4)21-15/h5-7,10H,8-9H2,1-4H3,(H,18,23)(H2,19,20,24). The molecule has 0 aliphatic rings. The Morgan fingerprint density at radius 2 is 1.92 bits per heavy atom. The van der Waals surface area contributed by atoms with Gasteiger partial charge in [-0.25, -0.2) is 0 Å². The first-order valence-corrected chi connectivity index (χ1v) is 8.19. The summed E-state index contributed by atoms with van der Waals surface area (Å²) in [6.07, 6.45) is 0. The van der Waals surface area contributed by atoms with E-state index in [0.29, 0.717) is 23.9 Å². The van der Waals surface area contributed by atoms with Crippen LogP contribution in [-0.4, -0.2) is 33.9 Å². The number of hydrogen-bond donors (Lipinski definition) is 3. The minimum atomic E-state index is -0.186. The molecule has 1 aromatic carbocycles. The maximum Gasteiger partial charge on any atom is 0.271 e. The largest absolute Gasteiger partial charge is 0.361 e. The second-order valence-electron chi connectivity index (χ2n) is 5.68. The van der Waals surface area contributed by atoms with Crippen LogP contribution in [0.3, 0.4) is 0 Å². The zero-order valence-corrected chi connectivity index (χ0v) is 15.3. The number of nitrogens with one attached hydrogen (secondary N) is 3. The average Bonchev–Trinajstić information content (AvgIpc) is 2.88. The van der Waals surface area contributed by atoms with Gasteiger partial charge >= 0.3 is 0 Å². The molecule has 0 spiro atoms. The Bertz CT molecular complexity index is 734. The molecule has 0 bridgehead atoms. The average molecular weight is 345 g/mol. The first kappa shape index (κ1) is 17.9. The van der Waals surface area contributed by atoms with Gasteiger partial charge in [0, 0.05) is 31.5 Å². The van der Waals surface area contributed by atoms with Gasteiger partial charge in [0.2, 0.25) is 0 Å². The van der Waals surface area contributed by atoms with Crippen molar-refractivity contribution in [1.29, 1.82) is 0 Å². The molecule has 2 aromatic rings. The third kappa shape index (κ3) is 4.55. The van der Waals surface area contributed by atoms with Crippen molar-refractivity contribution < 1.29 is 4.79 Å². The highest BCUT2D eigenvalue weighted by atomic mass is 32.1. The number of aromatic nitrogens is 2. The number of amides is 1. The number of rotatable bonds is 5. The maximum atomic E-state index is 12.0. The molecule has 0 fully saturated rings. The first-order chi connectivity index (χ1) is 11.4. The van der Waals surface area contributed by atoms with E-state index in [1.807, 2.05) is 26.1 Å². The lowest BCUT2D eigenvalue weighted by atomic mass is 10.1. The molecule has 128 valence electrons. The summed E-state index contributed by atoms with van der Waals surface area (Å²) in [5.41, 5.74) is 4.73. The molecule has 0 saturated carbocycles. The van der Waals surface area contributed by atoms with Crippen LogP contribution in [0, 0.1) is 20.8 Å². The van der Waals surface area contributed by atoms with Crippen LogP contribution in [0.2, 0.25) is 0 Å². The van der Waals surface area contributed by atoms with Crippen molar-refractivity contribution in [1.82, 2.24) is 20.4 Å². The van der Waals surface area contributed by atoms with Crippen molar-refractivity contribution in [3.05, 3.63) is 46.8 Å². The molecule has 2 rings (SSSR count). The lowest BCUT2D eigenvalue weighted by Crippen LogP contribution is -2.36. The number of hydrogen-bond acceptors (Lipinski definition) is 3. The van der Waals surface area contributed by atoms with Crippen LogP contribution in [0.1, 0.15) is 27.3 Å². The molecule has 6 nitrogen and oxygen atoms in total. The van der Waals surface area contributed by atoms with Crippen molar-refractivity contribution in [3.63, 3.8) is 0 Å². The summed E-state index contributed by atoms with van der Waals surface area (Å²) < 4.78 is 1.68. The van der Waals surface area contributed by atoms with Gasteiger partial charge in [0.05, 0.1) is 0 Å². The molecular weight excluding hydrogens is 322 g/mol. The molecule has 7 heteroatoms. The smallest absolute Gasteiger partial charge is 0.271 e. The lowest BCUT2D eigenvalue weighted by Gasteiger charge is -2.13. The Kier molecular flexibility index (Phi) is 5.92. The third-order valence-corrected chi connectivity index (χ3v) is 4.14. The van der Waals surface area contributed by atoms with Crippen LogP contribution in [0.4, 0.5) is 5.69 Å². The van der Waals surface area contributed by atoms with Gasteiger partial charge in [-0.15, -0.1) is 0 Å². The summed E-state index contributed by atoms with van der Waals surface area (Å²) in [7, 11) is 1.81. The SMILES string of the molecule is Cc1cccc(NC(=S)NCCNC(=O)c2cc(C)n(C)n2)c1C.